The fourth-order valence-electron chi connectivity index (χ4n) is 2.22. The van der Waals surface area contributed by atoms with Crippen LogP contribution in [0.4, 0.5) is 0 Å². The number of nitrogens with zero attached hydrogens (tertiary/aromatic N) is 3. The van der Waals surface area contributed by atoms with Crippen LogP contribution in [0.15, 0.2) is 5.11 Å². The van der Waals surface area contributed by atoms with Crippen molar-refractivity contribution in [3.8, 4) is 0 Å². The van der Waals surface area contributed by atoms with Crippen LogP contribution < -0.4 is 0 Å². The van der Waals surface area contributed by atoms with Gasteiger partial charge in [-0.1, -0.05) is 12.0 Å². The van der Waals surface area contributed by atoms with Crippen LogP contribution in [-0.2, 0) is 13.9 Å². The monoisotopic (exact) mass is 289 g/mol. The smallest absolute Gasteiger partial charge is 0.184 e. The normalized spacial score (nSPS) is 35.8. The summed E-state index contributed by atoms with van der Waals surface area (Å²) in [4.78, 5) is 2.86. The minimum Gasteiger partial charge on any atom is -0.414 e. The van der Waals surface area contributed by atoms with Crippen LogP contribution in [0, 0.1) is 5.92 Å². The molecule has 8 heteroatoms. The fourth-order valence-corrected chi connectivity index (χ4v) is 3.39. The van der Waals surface area contributed by atoms with Crippen molar-refractivity contribution in [2.24, 2.45) is 11.0 Å². The van der Waals surface area contributed by atoms with Crippen LogP contribution in [-0.4, -0.2) is 51.7 Å². The highest BCUT2D eigenvalue weighted by Crippen LogP contribution is 2.32. The first-order valence-electron chi connectivity index (χ1n) is 6.35. The summed E-state index contributed by atoms with van der Waals surface area (Å²) in [5, 5.41) is 13.1. The third-order valence-corrected chi connectivity index (χ3v) is 4.10. The number of azide groups is 1. The second kappa shape index (κ2) is 6.69. The van der Waals surface area contributed by atoms with Crippen molar-refractivity contribution in [3.05, 3.63) is 10.4 Å². The zero-order valence-corrected chi connectivity index (χ0v) is 13.1. The molecule has 1 fully saturated rings. The molecule has 19 heavy (non-hydrogen) atoms. The molecule has 1 heterocycles. The summed E-state index contributed by atoms with van der Waals surface area (Å²) in [7, 11) is -0.331. The maximum Gasteiger partial charge on any atom is 0.184 e. The minimum atomic E-state index is -1.82. The second-order valence-corrected chi connectivity index (χ2v) is 10.2. The number of methoxy groups -OCH3 is 1. The Hall–Kier alpha value is -0.633. The highest BCUT2D eigenvalue weighted by Gasteiger charge is 2.45. The van der Waals surface area contributed by atoms with Gasteiger partial charge in [-0.3, -0.25) is 0 Å². The first-order valence-corrected chi connectivity index (χ1v) is 9.76. The van der Waals surface area contributed by atoms with Gasteiger partial charge in [-0.15, -0.1) is 0 Å². The molecule has 0 saturated carbocycles. The number of aliphatic hydroxyl groups is 1. The molecule has 0 aliphatic carbocycles. The molecule has 1 aliphatic rings. The Morgan fingerprint density at radius 1 is 1.42 bits per heavy atom. The van der Waals surface area contributed by atoms with Crippen molar-refractivity contribution in [2.45, 2.75) is 51.1 Å². The van der Waals surface area contributed by atoms with E-state index in [0.717, 1.165) is 0 Å². The lowest BCUT2D eigenvalue weighted by Gasteiger charge is -2.45. The van der Waals surface area contributed by atoms with Crippen molar-refractivity contribution in [2.75, 3.05) is 13.7 Å². The van der Waals surface area contributed by atoms with E-state index in [1.807, 2.05) is 6.92 Å². The summed E-state index contributed by atoms with van der Waals surface area (Å²) in [5.41, 5.74) is 8.71. The van der Waals surface area contributed by atoms with Crippen molar-refractivity contribution >= 4 is 8.32 Å². The summed E-state index contributed by atoms with van der Waals surface area (Å²) in [6.07, 6.45) is -1.37. The Balaban J connectivity index is 3.03. The molecule has 0 aromatic heterocycles. The molecule has 0 aromatic rings. The molecule has 1 rings (SSSR count). The van der Waals surface area contributed by atoms with Gasteiger partial charge in [-0.2, -0.15) is 0 Å². The Morgan fingerprint density at radius 3 is 2.47 bits per heavy atom. The average Bonchev–Trinajstić information content (AvgIpc) is 2.33. The predicted molar refractivity (Wildman–Crippen MR) is 73.1 cm³/mol. The first kappa shape index (κ1) is 16.4. The second-order valence-electron chi connectivity index (χ2n) is 5.71. The fraction of sp³-hybridized carbons (Fsp3) is 1.00. The molecule has 7 nitrogen and oxygen atoms in total. The van der Waals surface area contributed by atoms with Gasteiger partial charge in [0.25, 0.3) is 0 Å². The summed E-state index contributed by atoms with van der Waals surface area (Å²) in [5.74, 6) is -0.0707. The molecule has 5 atom stereocenters. The van der Waals surface area contributed by atoms with Crippen LogP contribution in [0.2, 0.25) is 19.6 Å². The maximum atomic E-state index is 9.38. The standard InChI is InChI=1S/C11H23N3O4Si/c1-7-8(6-15)17-11(16-2)9(13-14-12)10(7)18-19(3,4)5/h7-11,15H,6H2,1-5H3/t7-,8+,9+,10-,11+/m0/s1. The molecule has 1 saturated heterocycles. The molecule has 0 aromatic carbocycles. The number of hydrogen-bond donors (Lipinski definition) is 1. The molecule has 110 valence electrons. The third kappa shape index (κ3) is 4.17. The van der Waals surface area contributed by atoms with Crippen molar-refractivity contribution in [1.29, 1.82) is 0 Å². The summed E-state index contributed by atoms with van der Waals surface area (Å²) >= 11 is 0. The minimum absolute atomic E-state index is 0.0707. The number of ether oxygens (including phenoxy) is 2. The predicted octanol–water partition coefficient (Wildman–Crippen LogP) is 1.89. The molecular formula is C11H23N3O4Si. The van der Waals surface area contributed by atoms with Crippen LogP contribution in [0.25, 0.3) is 10.4 Å². The van der Waals surface area contributed by atoms with Gasteiger partial charge in [0.1, 0.15) is 6.04 Å². The van der Waals surface area contributed by atoms with Gasteiger partial charge in [-0.25, -0.2) is 0 Å². The van der Waals surface area contributed by atoms with Gasteiger partial charge >= 0.3 is 0 Å². The van der Waals surface area contributed by atoms with E-state index >= 15 is 0 Å². The summed E-state index contributed by atoms with van der Waals surface area (Å²) < 4.78 is 16.9. The lowest BCUT2D eigenvalue weighted by molar-refractivity contribution is -0.237. The van der Waals surface area contributed by atoms with Gasteiger partial charge in [0.2, 0.25) is 0 Å². The number of hydrogen-bond acceptors (Lipinski definition) is 5. The van der Waals surface area contributed by atoms with Gasteiger partial charge in [0.15, 0.2) is 14.6 Å². The lowest BCUT2D eigenvalue weighted by atomic mass is 9.90. The van der Waals surface area contributed by atoms with Crippen molar-refractivity contribution < 1.29 is 19.0 Å². The Bertz CT molecular complexity index is 343. The first-order chi connectivity index (χ1) is 8.84. The van der Waals surface area contributed by atoms with Crippen molar-refractivity contribution in [3.63, 3.8) is 0 Å². The Labute approximate surface area is 114 Å². The van der Waals surface area contributed by atoms with E-state index in [9.17, 15) is 5.11 Å². The van der Waals surface area contributed by atoms with E-state index in [1.54, 1.807) is 0 Å². The summed E-state index contributed by atoms with van der Waals surface area (Å²) in [6, 6.07) is -0.542. The molecule has 1 N–H and O–H groups in total. The molecule has 0 unspecified atom stereocenters. The van der Waals surface area contributed by atoms with E-state index in [0.29, 0.717) is 0 Å². The highest BCUT2D eigenvalue weighted by atomic mass is 28.4. The van der Waals surface area contributed by atoms with Crippen LogP contribution in [0.3, 0.4) is 0 Å². The Morgan fingerprint density at radius 2 is 2.05 bits per heavy atom. The topological polar surface area (TPSA) is 96.7 Å². The molecule has 0 radical (unpaired) electrons. The van der Waals surface area contributed by atoms with E-state index < -0.39 is 20.6 Å². The highest BCUT2D eigenvalue weighted by molar-refractivity contribution is 6.69. The SMILES string of the molecule is CO[C@@H]1O[C@H](CO)[C@H](C)[C@H](O[Si](C)(C)C)[C@H]1N=[N+]=[N-]. The van der Waals surface area contributed by atoms with Crippen LogP contribution in [0.1, 0.15) is 6.92 Å². The number of aliphatic hydroxyl groups excluding tert-OH is 1. The molecular weight excluding hydrogens is 266 g/mol. The largest absolute Gasteiger partial charge is 0.414 e. The van der Waals surface area contributed by atoms with E-state index in [-0.39, 0.29) is 24.7 Å². The van der Waals surface area contributed by atoms with E-state index in [1.165, 1.54) is 7.11 Å². The maximum absolute atomic E-state index is 9.38. The summed E-state index contributed by atoms with van der Waals surface area (Å²) in [6.45, 7) is 8.02. The molecule has 0 bridgehead atoms. The van der Waals surface area contributed by atoms with Crippen molar-refractivity contribution in [1.82, 2.24) is 0 Å². The zero-order chi connectivity index (χ0) is 14.6. The third-order valence-electron chi connectivity index (χ3n) is 3.12. The van der Waals surface area contributed by atoms with Gasteiger partial charge < -0.3 is 19.0 Å². The Kier molecular flexibility index (Phi) is 5.78. The van der Waals surface area contributed by atoms with E-state index in [2.05, 4.69) is 29.7 Å². The lowest BCUT2D eigenvalue weighted by Crippen LogP contribution is -2.57. The molecule has 0 amide bonds. The van der Waals surface area contributed by atoms with Gasteiger partial charge in [0.05, 0.1) is 18.8 Å². The van der Waals surface area contributed by atoms with E-state index in [4.69, 9.17) is 19.4 Å². The van der Waals surface area contributed by atoms with Gasteiger partial charge in [0, 0.05) is 17.9 Å². The van der Waals surface area contributed by atoms with Gasteiger partial charge in [-0.05, 0) is 25.2 Å². The average molecular weight is 289 g/mol. The molecule has 0 spiro atoms. The van der Waals surface area contributed by atoms with Crippen LogP contribution >= 0.6 is 0 Å². The number of rotatable bonds is 5. The quantitative estimate of drug-likeness (QED) is 0.362. The molecule has 1 aliphatic heterocycles. The van der Waals surface area contributed by atoms with Crippen LogP contribution in [0.5, 0.6) is 0 Å². The zero-order valence-electron chi connectivity index (χ0n) is 12.1.